The molecule has 2 saturated heterocycles. The van der Waals surface area contributed by atoms with Crippen molar-refractivity contribution in [3.8, 4) is 0 Å². The van der Waals surface area contributed by atoms with Gasteiger partial charge in [-0.05, 0) is 49.7 Å². The monoisotopic (exact) mass is 388 g/mol. The summed E-state index contributed by atoms with van der Waals surface area (Å²) in [5.41, 5.74) is 1.46. The number of hydrogen-bond acceptors (Lipinski definition) is 4. The molecule has 0 radical (unpaired) electrons. The Balaban J connectivity index is 1.93. The normalized spacial score (nSPS) is 26.1. The van der Waals surface area contributed by atoms with Gasteiger partial charge in [0.05, 0.1) is 10.7 Å². The smallest absolute Gasteiger partial charge is 0.157 e. The Morgan fingerprint density at radius 2 is 1.96 bits per heavy atom. The van der Waals surface area contributed by atoms with Gasteiger partial charge in [0.15, 0.2) is 6.29 Å². The topological polar surface area (TPSA) is 18.5 Å². The summed E-state index contributed by atoms with van der Waals surface area (Å²) in [6.45, 7) is 15.9. The number of rotatable bonds is 8. The van der Waals surface area contributed by atoms with Gasteiger partial charge in [-0.2, -0.15) is 0 Å². The summed E-state index contributed by atoms with van der Waals surface area (Å²) >= 11 is 4.31. The highest BCUT2D eigenvalue weighted by Crippen LogP contribution is 2.52. The minimum absolute atomic E-state index is 0.0369. The van der Waals surface area contributed by atoms with Gasteiger partial charge < -0.3 is 9.47 Å². The van der Waals surface area contributed by atoms with E-state index in [1.165, 1.54) is 42.4 Å². The molecule has 0 spiro atoms. The Morgan fingerprint density at radius 3 is 2.54 bits per heavy atom. The quantitative estimate of drug-likeness (QED) is 0.374. The Hall–Kier alpha value is 0.577. The van der Waals surface area contributed by atoms with Crippen LogP contribution in [0.1, 0.15) is 39.0 Å². The van der Waals surface area contributed by atoms with Crippen molar-refractivity contribution in [2.45, 2.75) is 75.1 Å². The molecule has 2 aliphatic rings. The molecule has 2 aliphatic heterocycles. The van der Waals surface area contributed by atoms with Gasteiger partial charge in [-0.3, -0.25) is 0 Å². The molecule has 5 heteroatoms. The number of allylic oxidation sites excluding steroid dienone is 1. The van der Waals surface area contributed by atoms with Crippen LogP contribution >= 0.6 is 23.5 Å². The van der Waals surface area contributed by atoms with E-state index in [2.05, 4.69) is 56.7 Å². The number of ether oxygens (including phenoxy) is 2. The first-order chi connectivity index (χ1) is 11.3. The second-order valence-electron chi connectivity index (χ2n) is 8.40. The van der Waals surface area contributed by atoms with Crippen molar-refractivity contribution >= 4 is 31.6 Å². The van der Waals surface area contributed by atoms with Crippen molar-refractivity contribution in [3.05, 3.63) is 12.2 Å². The molecular formula is C19H36O2S2Si. The third kappa shape index (κ3) is 6.38. The van der Waals surface area contributed by atoms with E-state index in [0.29, 0.717) is 5.92 Å². The lowest BCUT2D eigenvalue weighted by Gasteiger charge is -2.43. The average Bonchev–Trinajstić information content (AvgIpc) is 2.54. The molecule has 2 atom stereocenters. The zero-order chi connectivity index (χ0) is 17.6. The van der Waals surface area contributed by atoms with Gasteiger partial charge in [0.1, 0.15) is 0 Å². The standard InChI is InChI=1S/C19H36O2S2Si/c1-16(15-24(3,4)5)17(2)19(22-13-8-14-23-19)10-12-21-18-9-6-7-11-20-18/h17-18H,1,6-15H2,2-5H3/t17-,18?/m1/s1. The summed E-state index contributed by atoms with van der Waals surface area (Å²) in [4.78, 5) is 0. The van der Waals surface area contributed by atoms with Crippen LogP contribution in [0.15, 0.2) is 12.2 Å². The average molecular weight is 389 g/mol. The fourth-order valence-corrected chi connectivity index (χ4v) is 8.76. The molecule has 0 aromatic rings. The molecule has 2 rings (SSSR count). The van der Waals surface area contributed by atoms with Crippen molar-refractivity contribution < 1.29 is 9.47 Å². The van der Waals surface area contributed by atoms with Crippen LogP contribution in [-0.2, 0) is 9.47 Å². The van der Waals surface area contributed by atoms with Gasteiger partial charge in [-0.1, -0.05) is 38.7 Å². The minimum atomic E-state index is -1.11. The van der Waals surface area contributed by atoms with E-state index in [9.17, 15) is 0 Å². The first-order valence-corrected chi connectivity index (χ1v) is 15.2. The number of hydrogen-bond donors (Lipinski definition) is 0. The molecule has 1 unspecified atom stereocenters. The highest BCUT2D eigenvalue weighted by molar-refractivity contribution is 8.18. The van der Waals surface area contributed by atoms with E-state index in [-0.39, 0.29) is 10.4 Å². The maximum absolute atomic E-state index is 6.07. The summed E-state index contributed by atoms with van der Waals surface area (Å²) < 4.78 is 12.1. The first-order valence-electron chi connectivity index (χ1n) is 9.51. The molecule has 0 N–H and O–H groups in total. The van der Waals surface area contributed by atoms with Crippen LogP contribution in [0.2, 0.25) is 25.7 Å². The van der Waals surface area contributed by atoms with Crippen LogP contribution in [-0.4, -0.2) is 43.2 Å². The Bertz CT molecular complexity index is 397. The van der Waals surface area contributed by atoms with E-state index < -0.39 is 8.07 Å². The lowest BCUT2D eigenvalue weighted by molar-refractivity contribution is -0.163. The molecule has 0 amide bonds. The molecule has 0 aliphatic carbocycles. The van der Waals surface area contributed by atoms with Gasteiger partial charge in [-0.15, -0.1) is 23.5 Å². The molecular weight excluding hydrogens is 352 g/mol. The summed E-state index contributed by atoms with van der Waals surface area (Å²) in [5.74, 6) is 3.10. The van der Waals surface area contributed by atoms with Gasteiger partial charge in [0.2, 0.25) is 0 Å². The first kappa shape index (κ1) is 20.9. The Labute approximate surface area is 158 Å². The van der Waals surface area contributed by atoms with Crippen molar-refractivity contribution in [1.29, 1.82) is 0 Å². The summed E-state index contributed by atoms with van der Waals surface area (Å²) in [6.07, 6.45) is 5.96. The van der Waals surface area contributed by atoms with E-state index in [1.807, 2.05) is 0 Å². The molecule has 140 valence electrons. The van der Waals surface area contributed by atoms with E-state index >= 15 is 0 Å². The fourth-order valence-electron chi connectivity index (χ4n) is 3.52. The second-order valence-corrected chi connectivity index (χ2v) is 17.0. The van der Waals surface area contributed by atoms with Gasteiger partial charge in [0.25, 0.3) is 0 Å². The maximum atomic E-state index is 6.07. The molecule has 0 aromatic carbocycles. The maximum Gasteiger partial charge on any atom is 0.157 e. The predicted molar refractivity (Wildman–Crippen MR) is 113 cm³/mol. The molecule has 0 saturated carbocycles. The third-order valence-corrected chi connectivity index (χ3v) is 10.2. The van der Waals surface area contributed by atoms with Gasteiger partial charge >= 0.3 is 0 Å². The molecule has 24 heavy (non-hydrogen) atoms. The molecule has 0 aromatic heterocycles. The minimum Gasteiger partial charge on any atom is -0.353 e. The predicted octanol–water partition coefficient (Wildman–Crippen LogP) is 6.02. The number of thioether (sulfide) groups is 2. The van der Waals surface area contributed by atoms with Crippen molar-refractivity contribution in [2.24, 2.45) is 5.92 Å². The summed E-state index contributed by atoms with van der Waals surface area (Å²) in [7, 11) is -1.11. The highest BCUT2D eigenvalue weighted by Gasteiger charge is 2.40. The molecule has 0 bridgehead atoms. The van der Waals surface area contributed by atoms with Crippen molar-refractivity contribution in [3.63, 3.8) is 0 Å². The van der Waals surface area contributed by atoms with Crippen molar-refractivity contribution in [2.75, 3.05) is 24.7 Å². The van der Waals surface area contributed by atoms with Crippen LogP contribution in [0, 0.1) is 5.92 Å². The van der Waals surface area contributed by atoms with E-state index in [0.717, 1.165) is 26.1 Å². The molecule has 2 nitrogen and oxygen atoms in total. The summed E-state index contributed by atoms with van der Waals surface area (Å²) in [5, 5.41) is 0. The zero-order valence-corrected chi connectivity index (χ0v) is 18.7. The van der Waals surface area contributed by atoms with Crippen LogP contribution in [0.4, 0.5) is 0 Å². The zero-order valence-electron chi connectivity index (χ0n) is 16.1. The van der Waals surface area contributed by atoms with E-state index in [1.54, 1.807) is 0 Å². The Morgan fingerprint density at radius 1 is 1.25 bits per heavy atom. The largest absolute Gasteiger partial charge is 0.353 e. The van der Waals surface area contributed by atoms with Crippen LogP contribution in [0.5, 0.6) is 0 Å². The highest BCUT2D eigenvalue weighted by atomic mass is 32.2. The fraction of sp³-hybridized carbons (Fsp3) is 0.895. The third-order valence-electron chi connectivity index (χ3n) is 4.90. The van der Waals surface area contributed by atoms with Gasteiger partial charge in [0, 0.05) is 20.6 Å². The van der Waals surface area contributed by atoms with Crippen LogP contribution < -0.4 is 0 Å². The summed E-state index contributed by atoms with van der Waals surface area (Å²) in [6, 6.07) is 1.24. The SMILES string of the molecule is C=C(C[Si](C)(C)C)[C@@H](C)C1(CCOC2CCCCO2)SCCCS1. The Kier molecular flexibility index (Phi) is 8.26. The molecule has 2 fully saturated rings. The van der Waals surface area contributed by atoms with Crippen LogP contribution in [0.3, 0.4) is 0 Å². The van der Waals surface area contributed by atoms with Crippen molar-refractivity contribution in [1.82, 2.24) is 0 Å². The van der Waals surface area contributed by atoms with E-state index in [4.69, 9.17) is 9.47 Å². The second kappa shape index (κ2) is 9.49. The lowest BCUT2D eigenvalue weighted by Crippen LogP contribution is -2.37. The van der Waals surface area contributed by atoms with Gasteiger partial charge in [-0.25, -0.2) is 0 Å². The van der Waals surface area contributed by atoms with Crippen LogP contribution in [0.25, 0.3) is 0 Å². The molecule has 2 heterocycles. The lowest BCUT2D eigenvalue weighted by atomic mass is 9.97.